The molecule has 0 amide bonds. The van der Waals surface area contributed by atoms with Crippen LogP contribution in [0.25, 0.3) is 0 Å². The molecule has 0 saturated heterocycles. The molecule has 0 aliphatic heterocycles. The highest BCUT2D eigenvalue weighted by Crippen LogP contribution is 2.19. The van der Waals surface area contributed by atoms with Crippen LogP contribution in [0.2, 0.25) is 0 Å². The Balaban J connectivity index is 1.99. The van der Waals surface area contributed by atoms with Gasteiger partial charge in [0.1, 0.15) is 10.8 Å². The van der Waals surface area contributed by atoms with Gasteiger partial charge in [-0.15, -0.1) is 0 Å². The summed E-state index contributed by atoms with van der Waals surface area (Å²) in [5.41, 5.74) is 14.5. The first kappa shape index (κ1) is 15.1. The van der Waals surface area contributed by atoms with Gasteiger partial charge in [0.15, 0.2) is 0 Å². The number of hydrogen-bond acceptors (Lipinski definition) is 5. The van der Waals surface area contributed by atoms with Crippen LogP contribution in [0.1, 0.15) is 47.8 Å². The lowest BCUT2D eigenvalue weighted by Crippen LogP contribution is -2.25. The monoisotopic (exact) mass is 290 g/mol. The summed E-state index contributed by atoms with van der Waals surface area (Å²) in [6.45, 7) is 4.15. The van der Waals surface area contributed by atoms with Crippen molar-refractivity contribution in [2.75, 3.05) is 0 Å². The van der Waals surface area contributed by atoms with E-state index in [-0.39, 0.29) is 12.1 Å². The van der Waals surface area contributed by atoms with Gasteiger partial charge in [-0.25, -0.2) is 4.98 Å². The Morgan fingerprint density at radius 1 is 1.20 bits per heavy atom. The van der Waals surface area contributed by atoms with E-state index in [0.29, 0.717) is 0 Å². The second-order valence-corrected chi connectivity index (χ2v) is 6.01. The van der Waals surface area contributed by atoms with Gasteiger partial charge >= 0.3 is 0 Å². The van der Waals surface area contributed by atoms with Gasteiger partial charge in [-0.1, -0.05) is 36.8 Å². The van der Waals surface area contributed by atoms with Crippen molar-refractivity contribution in [2.45, 2.75) is 45.2 Å². The summed E-state index contributed by atoms with van der Waals surface area (Å²) in [6.07, 6.45) is 2.45. The molecular formula is C15H22N4S. The van der Waals surface area contributed by atoms with Gasteiger partial charge in [-0.3, -0.25) is 0 Å². The van der Waals surface area contributed by atoms with Crippen molar-refractivity contribution < 1.29 is 0 Å². The number of nitrogens with two attached hydrogens (primary N) is 2. The van der Waals surface area contributed by atoms with Gasteiger partial charge < -0.3 is 11.5 Å². The van der Waals surface area contributed by atoms with Crippen LogP contribution in [0.4, 0.5) is 0 Å². The fourth-order valence-corrected chi connectivity index (χ4v) is 2.65. The maximum Gasteiger partial charge on any atom is 0.147 e. The number of rotatable bonds is 6. The molecule has 0 radical (unpaired) electrons. The van der Waals surface area contributed by atoms with E-state index in [0.717, 1.165) is 30.1 Å². The topological polar surface area (TPSA) is 77.8 Å². The van der Waals surface area contributed by atoms with Crippen molar-refractivity contribution in [1.82, 2.24) is 9.36 Å². The second kappa shape index (κ2) is 6.92. The second-order valence-electron chi connectivity index (χ2n) is 5.22. The molecule has 0 fully saturated rings. The number of aryl methyl sites for hydroxylation is 1. The van der Waals surface area contributed by atoms with Crippen molar-refractivity contribution >= 4 is 11.5 Å². The van der Waals surface area contributed by atoms with Crippen LogP contribution >= 0.6 is 11.5 Å². The molecule has 0 bridgehead atoms. The van der Waals surface area contributed by atoms with Crippen molar-refractivity contribution in [3.8, 4) is 0 Å². The lowest BCUT2D eigenvalue weighted by Gasteiger charge is -2.12. The molecule has 2 rings (SSSR count). The van der Waals surface area contributed by atoms with Crippen LogP contribution in [0, 0.1) is 6.92 Å². The highest BCUT2D eigenvalue weighted by molar-refractivity contribution is 7.05. The summed E-state index contributed by atoms with van der Waals surface area (Å²) in [5, 5.41) is 0.885. The van der Waals surface area contributed by atoms with Gasteiger partial charge in [0, 0.05) is 12.5 Å². The highest BCUT2D eigenvalue weighted by atomic mass is 32.1. The fourth-order valence-electron chi connectivity index (χ4n) is 1.97. The molecule has 20 heavy (non-hydrogen) atoms. The zero-order valence-electron chi connectivity index (χ0n) is 12.0. The first-order chi connectivity index (χ1) is 9.58. The Bertz CT molecular complexity index is 535. The van der Waals surface area contributed by atoms with Crippen LogP contribution in [0.3, 0.4) is 0 Å². The van der Waals surface area contributed by atoms with Crippen LogP contribution in [-0.2, 0) is 6.42 Å². The van der Waals surface area contributed by atoms with E-state index in [9.17, 15) is 0 Å². The van der Waals surface area contributed by atoms with Crippen LogP contribution in [0.15, 0.2) is 24.3 Å². The molecule has 1 heterocycles. The Morgan fingerprint density at radius 3 is 2.55 bits per heavy atom. The zero-order chi connectivity index (χ0) is 14.5. The summed E-state index contributed by atoms with van der Waals surface area (Å²) in [5.74, 6) is 0.842. The van der Waals surface area contributed by atoms with Gasteiger partial charge in [0.05, 0.1) is 6.04 Å². The Labute approximate surface area is 124 Å². The Morgan fingerprint density at radius 2 is 1.90 bits per heavy atom. The summed E-state index contributed by atoms with van der Waals surface area (Å²) in [4.78, 5) is 4.54. The van der Waals surface area contributed by atoms with Crippen LogP contribution in [0.5, 0.6) is 0 Å². The van der Waals surface area contributed by atoms with Gasteiger partial charge in [0.25, 0.3) is 0 Å². The normalized spacial score (nSPS) is 14.2. The van der Waals surface area contributed by atoms with Gasteiger partial charge in [0.2, 0.25) is 0 Å². The molecule has 4 N–H and O–H groups in total. The molecule has 1 aromatic heterocycles. The predicted molar refractivity (Wildman–Crippen MR) is 83.7 cm³/mol. The first-order valence-electron chi connectivity index (χ1n) is 6.97. The van der Waals surface area contributed by atoms with Crippen LogP contribution in [-0.4, -0.2) is 15.4 Å². The summed E-state index contributed by atoms with van der Waals surface area (Å²) >= 11 is 1.39. The van der Waals surface area contributed by atoms with Crippen molar-refractivity contribution in [2.24, 2.45) is 11.5 Å². The highest BCUT2D eigenvalue weighted by Gasteiger charge is 2.15. The summed E-state index contributed by atoms with van der Waals surface area (Å²) in [6, 6.07) is 8.47. The Kier molecular flexibility index (Phi) is 5.23. The van der Waals surface area contributed by atoms with E-state index in [2.05, 4.69) is 47.5 Å². The lowest BCUT2D eigenvalue weighted by molar-refractivity contribution is 0.523. The minimum absolute atomic E-state index is 0.103. The molecular weight excluding hydrogens is 268 g/mol. The third-order valence-electron chi connectivity index (χ3n) is 3.36. The van der Waals surface area contributed by atoms with E-state index >= 15 is 0 Å². The van der Waals surface area contributed by atoms with E-state index in [1.165, 1.54) is 22.7 Å². The molecule has 0 aliphatic carbocycles. The van der Waals surface area contributed by atoms with E-state index in [4.69, 9.17) is 11.5 Å². The van der Waals surface area contributed by atoms with Crippen molar-refractivity contribution in [3.63, 3.8) is 0 Å². The van der Waals surface area contributed by atoms with Crippen LogP contribution < -0.4 is 11.5 Å². The molecule has 0 saturated carbocycles. The molecule has 1 aromatic carbocycles. The average Bonchev–Trinajstić information content (AvgIpc) is 2.90. The third-order valence-corrected chi connectivity index (χ3v) is 4.25. The largest absolute Gasteiger partial charge is 0.328 e. The number of nitrogens with zero attached hydrogens (tertiary/aromatic N) is 2. The fraction of sp³-hybridized carbons (Fsp3) is 0.467. The first-order valence-corrected chi connectivity index (χ1v) is 7.75. The molecule has 0 aliphatic rings. The molecule has 108 valence electrons. The maximum absolute atomic E-state index is 6.13. The summed E-state index contributed by atoms with van der Waals surface area (Å²) in [7, 11) is 0. The number of aromatic nitrogens is 2. The lowest BCUT2D eigenvalue weighted by atomic mass is 10.1. The van der Waals surface area contributed by atoms with Crippen molar-refractivity contribution in [1.29, 1.82) is 0 Å². The minimum atomic E-state index is -0.103. The molecule has 2 aromatic rings. The third kappa shape index (κ3) is 4.10. The molecule has 2 atom stereocenters. The standard InChI is InChI=1S/C15H22N4S/c1-3-12(16)9-13(17)15-18-14(19-20-15)8-11-6-4-10(2)5-7-11/h4-7,12-13H,3,8-9,16-17H2,1-2H3. The zero-order valence-corrected chi connectivity index (χ0v) is 12.9. The Hall–Kier alpha value is -1.30. The number of hydrogen-bond donors (Lipinski definition) is 2. The molecule has 0 spiro atoms. The summed E-state index contributed by atoms with van der Waals surface area (Å²) < 4.78 is 4.40. The molecule has 4 nitrogen and oxygen atoms in total. The van der Waals surface area contributed by atoms with E-state index < -0.39 is 0 Å². The number of benzene rings is 1. The maximum atomic E-state index is 6.13. The molecule has 5 heteroatoms. The molecule has 2 unspecified atom stereocenters. The van der Waals surface area contributed by atoms with Gasteiger partial charge in [-0.2, -0.15) is 4.37 Å². The average molecular weight is 290 g/mol. The SMILES string of the molecule is CCC(N)CC(N)c1nc(Cc2ccc(C)cc2)ns1. The predicted octanol–water partition coefficient (Wildman–Crippen LogP) is 2.56. The van der Waals surface area contributed by atoms with Gasteiger partial charge in [-0.05, 0) is 36.9 Å². The minimum Gasteiger partial charge on any atom is -0.328 e. The van der Waals surface area contributed by atoms with E-state index in [1.807, 2.05) is 0 Å². The van der Waals surface area contributed by atoms with E-state index in [1.54, 1.807) is 0 Å². The van der Waals surface area contributed by atoms with Crippen molar-refractivity contribution in [3.05, 3.63) is 46.2 Å². The smallest absolute Gasteiger partial charge is 0.147 e. The quantitative estimate of drug-likeness (QED) is 0.857.